The maximum Gasteiger partial charge on any atom is 0.267 e. The zero-order valence-electron chi connectivity index (χ0n) is 13.3. The van der Waals surface area contributed by atoms with Crippen LogP contribution in [0.2, 0.25) is 0 Å². The third-order valence-electron chi connectivity index (χ3n) is 4.20. The maximum atomic E-state index is 12.1. The molecule has 2 aromatic rings. The van der Waals surface area contributed by atoms with E-state index in [1.54, 1.807) is 12.1 Å². The molecule has 23 heavy (non-hydrogen) atoms. The predicted molar refractivity (Wildman–Crippen MR) is 89.1 cm³/mol. The van der Waals surface area contributed by atoms with Gasteiger partial charge in [-0.05, 0) is 12.5 Å². The Hall–Kier alpha value is -2.43. The molecule has 0 N–H and O–H groups in total. The van der Waals surface area contributed by atoms with Crippen LogP contribution in [0.5, 0.6) is 0 Å². The van der Waals surface area contributed by atoms with Crippen LogP contribution in [0.1, 0.15) is 32.2 Å². The number of rotatable bonds is 5. The smallest absolute Gasteiger partial charge is 0.267 e. The molecular formula is C18H21N3O2. The second kappa shape index (κ2) is 6.77. The van der Waals surface area contributed by atoms with Gasteiger partial charge in [0.1, 0.15) is 0 Å². The Labute approximate surface area is 135 Å². The van der Waals surface area contributed by atoms with Crippen molar-refractivity contribution >= 4 is 5.91 Å². The first kappa shape index (κ1) is 15.5. The van der Waals surface area contributed by atoms with Gasteiger partial charge in [0.15, 0.2) is 0 Å². The molecule has 0 aliphatic carbocycles. The number of unbranched alkanes of at least 4 members (excludes halogenated alkanes) is 1. The van der Waals surface area contributed by atoms with Gasteiger partial charge in [-0.25, -0.2) is 4.68 Å². The molecule has 3 rings (SSSR count). The van der Waals surface area contributed by atoms with E-state index in [1.807, 2.05) is 35.2 Å². The number of carbonyl (C=O) groups is 1. The van der Waals surface area contributed by atoms with Gasteiger partial charge in [-0.3, -0.25) is 9.59 Å². The van der Waals surface area contributed by atoms with E-state index in [-0.39, 0.29) is 17.5 Å². The lowest BCUT2D eigenvalue weighted by molar-refractivity contribution is -0.137. The fourth-order valence-electron chi connectivity index (χ4n) is 2.75. The Bertz CT molecular complexity index is 733. The van der Waals surface area contributed by atoms with E-state index in [0.717, 1.165) is 24.1 Å². The van der Waals surface area contributed by atoms with Gasteiger partial charge in [-0.2, -0.15) is 5.10 Å². The van der Waals surface area contributed by atoms with Crippen molar-refractivity contribution in [3.63, 3.8) is 0 Å². The molecule has 0 atom stereocenters. The second-order valence-corrected chi connectivity index (χ2v) is 5.92. The molecule has 1 aromatic heterocycles. The number of aromatic nitrogens is 2. The molecule has 0 saturated carbocycles. The molecule has 1 aliphatic heterocycles. The SMILES string of the molecule is CCCCC(=O)N1CC(n2nc(-c3ccccc3)ccc2=O)C1. The highest BCUT2D eigenvalue weighted by Gasteiger charge is 2.32. The Kier molecular flexibility index (Phi) is 4.55. The maximum absolute atomic E-state index is 12.1. The normalized spacial score (nSPS) is 14.6. The Morgan fingerprint density at radius 2 is 1.91 bits per heavy atom. The van der Waals surface area contributed by atoms with Crippen LogP contribution in [0, 0.1) is 0 Å². The molecule has 1 aromatic carbocycles. The van der Waals surface area contributed by atoms with Gasteiger partial charge >= 0.3 is 0 Å². The predicted octanol–water partition coefficient (Wildman–Crippen LogP) is 2.48. The van der Waals surface area contributed by atoms with Crippen molar-refractivity contribution in [2.45, 2.75) is 32.2 Å². The van der Waals surface area contributed by atoms with E-state index in [1.165, 1.54) is 4.68 Å². The van der Waals surface area contributed by atoms with Crippen LogP contribution < -0.4 is 5.56 Å². The lowest BCUT2D eigenvalue weighted by atomic mass is 10.1. The summed E-state index contributed by atoms with van der Waals surface area (Å²) in [6.45, 7) is 3.23. The molecule has 120 valence electrons. The van der Waals surface area contributed by atoms with E-state index in [0.29, 0.717) is 19.5 Å². The van der Waals surface area contributed by atoms with Gasteiger partial charge in [-0.1, -0.05) is 43.7 Å². The van der Waals surface area contributed by atoms with E-state index in [4.69, 9.17) is 0 Å². The van der Waals surface area contributed by atoms with Crippen molar-refractivity contribution in [1.29, 1.82) is 0 Å². The summed E-state index contributed by atoms with van der Waals surface area (Å²) in [7, 11) is 0. The van der Waals surface area contributed by atoms with Crippen LogP contribution in [-0.2, 0) is 4.79 Å². The van der Waals surface area contributed by atoms with Crippen LogP contribution in [-0.4, -0.2) is 33.7 Å². The summed E-state index contributed by atoms with van der Waals surface area (Å²) in [5.74, 6) is 0.176. The molecule has 5 heteroatoms. The Morgan fingerprint density at radius 1 is 1.17 bits per heavy atom. The fourth-order valence-corrected chi connectivity index (χ4v) is 2.75. The Balaban J connectivity index is 1.72. The monoisotopic (exact) mass is 311 g/mol. The molecule has 0 radical (unpaired) electrons. The van der Waals surface area contributed by atoms with Gasteiger partial charge in [-0.15, -0.1) is 0 Å². The van der Waals surface area contributed by atoms with Crippen LogP contribution in [0.4, 0.5) is 0 Å². The molecule has 2 heterocycles. The zero-order valence-corrected chi connectivity index (χ0v) is 13.3. The lowest BCUT2D eigenvalue weighted by Crippen LogP contribution is -2.53. The highest BCUT2D eigenvalue weighted by Crippen LogP contribution is 2.22. The molecular weight excluding hydrogens is 290 g/mol. The average Bonchev–Trinajstić information content (AvgIpc) is 2.54. The quantitative estimate of drug-likeness (QED) is 0.852. The summed E-state index contributed by atoms with van der Waals surface area (Å²) in [6, 6.07) is 13.1. The van der Waals surface area contributed by atoms with Crippen LogP contribution >= 0.6 is 0 Å². The van der Waals surface area contributed by atoms with Crippen LogP contribution in [0.15, 0.2) is 47.3 Å². The molecule has 1 aliphatic rings. The number of hydrogen-bond donors (Lipinski definition) is 0. The first-order valence-corrected chi connectivity index (χ1v) is 8.12. The Morgan fingerprint density at radius 3 is 2.61 bits per heavy atom. The molecule has 0 unspecified atom stereocenters. The summed E-state index contributed by atoms with van der Waals surface area (Å²) >= 11 is 0. The summed E-state index contributed by atoms with van der Waals surface area (Å²) in [4.78, 5) is 25.8. The minimum atomic E-state index is -0.115. The summed E-state index contributed by atoms with van der Waals surface area (Å²) in [6.07, 6.45) is 2.53. The van der Waals surface area contributed by atoms with Gasteiger partial charge < -0.3 is 4.90 Å². The molecule has 5 nitrogen and oxygen atoms in total. The standard InChI is InChI=1S/C18H21N3O2/c1-2-3-9-17(22)20-12-15(13-20)21-18(23)11-10-16(19-21)14-7-5-4-6-8-14/h4-8,10-11,15H,2-3,9,12-13H2,1H3. The van der Waals surface area contributed by atoms with Gasteiger partial charge in [0.05, 0.1) is 11.7 Å². The van der Waals surface area contributed by atoms with Crippen LogP contribution in [0.25, 0.3) is 11.3 Å². The largest absolute Gasteiger partial charge is 0.338 e. The molecule has 0 spiro atoms. The lowest BCUT2D eigenvalue weighted by Gasteiger charge is -2.39. The van der Waals surface area contributed by atoms with Crippen LogP contribution in [0.3, 0.4) is 0 Å². The minimum absolute atomic E-state index is 0.0169. The number of benzene rings is 1. The van der Waals surface area contributed by atoms with Crippen molar-refractivity contribution in [3.8, 4) is 11.3 Å². The summed E-state index contributed by atoms with van der Waals surface area (Å²) < 4.78 is 1.52. The third-order valence-corrected chi connectivity index (χ3v) is 4.20. The van der Waals surface area contributed by atoms with Crippen molar-refractivity contribution in [3.05, 3.63) is 52.8 Å². The number of likely N-dealkylation sites (tertiary alicyclic amines) is 1. The van der Waals surface area contributed by atoms with Gasteiger partial charge in [0.2, 0.25) is 5.91 Å². The van der Waals surface area contributed by atoms with E-state index >= 15 is 0 Å². The minimum Gasteiger partial charge on any atom is -0.338 e. The molecule has 0 bridgehead atoms. The van der Waals surface area contributed by atoms with E-state index in [9.17, 15) is 9.59 Å². The number of nitrogens with zero attached hydrogens (tertiary/aromatic N) is 3. The third kappa shape index (κ3) is 3.33. The van der Waals surface area contributed by atoms with Crippen molar-refractivity contribution in [2.75, 3.05) is 13.1 Å². The zero-order chi connectivity index (χ0) is 16.2. The summed E-state index contributed by atoms with van der Waals surface area (Å²) in [5.41, 5.74) is 1.65. The van der Waals surface area contributed by atoms with E-state index in [2.05, 4.69) is 12.0 Å². The highest BCUT2D eigenvalue weighted by molar-refractivity contribution is 5.77. The van der Waals surface area contributed by atoms with Gasteiger partial charge in [0.25, 0.3) is 5.56 Å². The van der Waals surface area contributed by atoms with Crippen molar-refractivity contribution in [2.24, 2.45) is 0 Å². The van der Waals surface area contributed by atoms with E-state index < -0.39 is 0 Å². The second-order valence-electron chi connectivity index (χ2n) is 5.92. The average molecular weight is 311 g/mol. The first-order valence-electron chi connectivity index (χ1n) is 8.12. The fraction of sp³-hybridized carbons (Fsp3) is 0.389. The number of hydrogen-bond acceptors (Lipinski definition) is 3. The first-order chi connectivity index (χ1) is 11.2. The van der Waals surface area contributed by atoms with Crippen molar-refractivity contribution < 1.29 is 4.79 Å². The number of carbonyl (C=O) groups excluding carboxylic acids is 1. The molecule has 1 amide bonds. The summed E-state index contributed by atoms with van der Waals surface area (Å²) in [5, 5.41) is 4.49. The van der Waals surface area contributed by atoms with Gasteiger partial charge in [0, 0.05) is 31.1 Å². The topological polar surface area (TPSA) is 55.2 Å². The number of amides is 1. The van der Waals surface area contributed by atoms with Crippen molar-refractivity contribution in [1.82, 2.24) is 14.7 Å². The molecule has 1 fully saturated rings. The highest BCUT2D eigenvalue weighted by atomic mass is 16.2. The molecule has 1 saturated heterocycles.